The number of nitrogens with zero attached hydrogens (tertiary/aromatic N) is 2. The van der Waals surface area contributed by atoms with Gasteiger partial charge in [-0.25, -0.2) is 9.97 Å². The Balaban J connectivity index is 0.00000192. The van der Waals surface area contributed by atoms with Gasteiger partial charge in [0, 0.05) is 22.7 Å². The molecule has 0 unspecified atom stereocenters. The van der Waals surface area contributed by atoms with Crippen LogP contribution in [0.1, 0.15) is 11.1 Å². The van der Waals surface area contributed by atoms with E-state index in [9.17, 15) is 0 Å². The summed E-state index contributed by atoms with van der Waals surface area (Å²) in [5.74, 6) is 4.18. The minimum Gasteiger partial charge on any atom is -0.496 e. The molecule has 23 heavy (non-hydrogen) atoms. The number of hydrogen-bond acceptors (Lipinski definition) is 4. The Kier molecular flexibility index (Phi) is 5.05. The van der Waals surface area contributed by atoms with Crippen molar-refractivity contribution in [3.8, 4) is 18.1 Å². The minimum absolute atomic E-state index is 0. The quantitative estimate of drug-likeness (QED) is 0.737. The number of ether oxygens (including phenoxy) is 1. The van der Waals surface area contributed by atoms with Crippen molar-refractivity contribution < 1.29 is 4.74 Å². The number of hydrogen-bond donors (Lipinski definition) is 1. The zero-order valence-corrected chi connectivity index (χ0v) is 13.6. The van der Waals surface area contributed by atoms with Crippen molar-refractivity contribution in [3.05, 3.63) is 53.9 Å². The lowest BCUT2D eigenvalue weighted by atomic mass is 10.1. The summed E-state index contributed by atoms with van der Waals surface area (Å²) in [6.45, 7) is 1.99. The fourth-order valence-corrected chi connectivity index (χ4v) is 2.34. The normalized spacial score (nSPS) is 9.78. The van der Waals surface area contributed by atoms with Gasteiger partial charge in [0.15, 0.2) is 0 Å². The molecule has 0 aliphatic rings. The Morgan fingerprint density at radius 1 is 1.17 bits per heavy atom. The first-order chi connectivity index (χ1) is 10.7. The molecule has 4 nitrogen and oxygen atoms in total. The van der Waals surface area contributed by atoms with Crippen molar-refractivity contribution >= 4 is 34.8 Å². The molecule has 0 aliphatic heterocycles. The SMILES string of the molecule is C#Cc1cccc(Nc2ncnc3cc(OC)c(C)cc23)c1.Cl. The first kappa shape index (κ1) is 16.6. The lowest BCUT2D eigenvalue weighted by Crippen LogP contribution is -1.97. The number of aromatic nitrogens is 2. The van der Waals surface area contributed by atoms with Crippen LogP contribution in [0.15, 0.2) is 42.7 Å². The topological polar surface area (TPSA) is 47.0 Å². The highest BCUT2D eigenvalue weighted by atomic mass is 35.5. The highest BCUT2D eigenvalue weighted by molar-refractivity contribution is 5.92. The molecule has 0 atom stereocenters. The molecule has 0 saturated carbocycles. The molecule has 0 radical (unpaired) electrons. The van der Waals surface area contributed by atoms with E-state index in [1.54, 1.807) is 7.11 Å². The van der Waals surface area contributed by atoms with Gasteiger partial charge in [-0.2, -0.15) is 0 Å². The van der Waals surface area contributed by atoms with Crippen LogP contribution < -0.4 is 10.1 Å². The Labute approximate surface area is 141 Å². The molecule has 0 fully saturated rings. The Morgan fingerprint density at radius 2 is 2.00 bits per heavy atom. The van der Waals surface area contributed by atoms with Crippen LogP contribution in [0.4, 0.5) is 11.5 Å². The van der Waals surface area contributed by atoms with Crippen LogP contribution in [-0.2, 0) is 0 Å². The van der Waals surface area contributed by atoms with E-state index >= 15 is 0 Å². The molecule has 0 amide bonds. The number of anilines is 2. The van der Waals surface area contributed by atoms with Gasteiger partial charge in [-0.15, -0.1) is 18.8 Å². The van der Waals surface area contributed by atoms with Crippen molar-refractivity contribution in [2.45, 2.75) is 6.92 Å². The second-order valence-electron chi connectivity index (χ2n) is 4.91. The van der Waals surface area contributed by atoms with E-state index in [4.69, 9.17) is 11.2 Å². The lowest BCUT2D eigenvalue weighted by molar-refractivity contribution is 0.412. The van der Waals surface area contributed by atoms with E-state index in [1.807, 2.05) is 43.3 Å². The second kappa shape index (κ2) is 6.99. The predicted molar refractivity (Wildman–Crippen MR) is 95.7 cm³/mol. The third-order valence-electron chi connectivity index (χ3n) is 3.44. The number of methoxy groups -OCH3 is 1. The van der Waals surface area contributed by atoms with Crippen LogP contribution >= 0.6 is 12.4 Å². The monoisotopic (exact) mass is 325 g/mol. The van der Waals surface area contributed by atoms with Crippen molar-refractivity contribution in [2.24, 2.45) is 0 Å². The summed E-state index contributed by atoms with van der Waals surface area (Å²) in [5.41, 5.74) is 3.57. The average molecular weight is 326 g/mol. The van der Waals surface area contributed by atoms with Gasteiger partial charge in [-0.05, 0) is 36.8 Å². The van der Waals surface area contributed by atoms with Crippen molar-refractivity contribution in [1.82, 2.24) is 9.97 Å². The summed E-state index contributed by atoms with van der Waals surface area (Å²) in [7, 11) is 1.65. The highest BCUT2D eigenvalue weighted by Crippen LogP contribution is 2.29. The molecule has 1 aromatic heterocycles. The van der Waals surface area contributed by atoms with Gasteiger partial charge in [0.05, 0.1) is 12.6 Å². The third kappa shape index (κ3) is 3.36. The Morgan fingerprint density at radius 3 is 2.74 bits per heavy atom. The Hall–Kier alpha value is -2.77. The van der Waals surface area contributed by atoms with Gasteiger partial charge < -0.3 is 10.1 Å². The van der Waals surface area contributed by atoms with Crippen LogP contribution in [0.5, 0.6) is 5.75 Å². The molecular formula is C18H16ClN3O. The summed E-state index contributed by atoms with van der Waals surface area (Å²) in [6.07, 6.45) is 6.97. The minimum atomic E-state index is 0. The van der Waals surface area contributed by atoms with Gasteiger partial charge in [0.1, 0.15) is 17.9 Å². The Bertz CT molecular complexity index is 887. The molecule has 0 spiro atoms. The molecule has 0 bridgehead atoms. The standard InChI is InChI=1S/C18H15N3O.ClH/c1-4-13-6-5-7-14(9-13)21-18-15-8-12(2)17(22-3)10-16(15)19-11-20-18;/h1,5-11H,2-3H3,(H,19,20,21);1H. The van der Waals surface area contributed by atoms with Gasteiger partial charge in [-0.1, -0.05) is 12.0 Å². The maximum atomic E-state index is 5.44. The van der Waals surface area contributed by atoms with Gasteiger partial charge >= 0.3 is 0 Å². The van der Waals surface area contributed by atoms with E-state index in [0.717, 1.165) is 39.3 Å². The van der Waals surface area contributed by atoms with Crippen molar-refractivity contribution in [3.63, 3.8) is 0 Å². The molecule has 0 aliphatic carbocycles. The summed E-state index contributed by atoms with van der Waals surface area (Å²) in [6, 6.07) is 11.6. The zero-order chi connectivity index (χ0) is 15.5. The molecule has 1 heterocycles. The van der Waals surface area contributed by atoms with Crippen LogP contribution in [-0.4, -0.2) is 17.1 Å². The number of terminal acetylenes is 1. The number of fused-ring (bicyclic) bond motifs is 1. The molecule has 0 saturated heterocycles. The van der Waals surface area contributed by atoms with Crippen LogP contribution in [0.3, 0.4) is 0 Å². The van der Waals surface area contributed by atoms with E-state index in [1.165, 1.54) is 6.33 Å². The highest BCUT2D eigenvalue weighted by Gasteiger charge is 2.08. The molecule has 3 aromatic rings. The van der Waals surface area contributed by atoms with E-state index < -0.39 is 0 Å². The summed E-state index contributed by atoms with van der Waals surface area (Å²) >= 11 is 0. The number of benzene rings is 2. The first-order valence-corrected chi connectivity index (χ1v) is 6.84. The predicted octanol–water partition coefficient (Wildman–Crippen LogP) is 4.09. The number of aryl methyl sites for hydroxylation is 1. The number of nitrogens with one attached hydrogen (secondary N) is 1. The summed E-state index contributed by atoms with van der Waals surface area (Å²) in [4.78, 5) is 8.64. The number of halogens is 1. The first-order valence-electron chi connectivity index (χ1n) is 6.84. The smallest absolute Gasteiger partial charge is 0.141 e. The largest absolute Gasteiger partial charge is 0.496 e. The van der Waals surface area contributed by atoms with E-state index in [0.29, 0.717) is 0 Å². The molecule has 5 heteroatoms. The molecule has 3 rings (SSSR count). The van der Waals surface area contributed by atoms with Gasteiger partial charge in [-0.3, -0.25) is 0 Å². The van der Waals surface area contributed by atoms with Crippen LogP contribution in [0, 0.1) is 19.3 Å². The average Bonchev–Trinajstić information content (AvgIpc) is 2.55. The molecule has 1 N–H and O–H groups in total. The van der Waals surface area contributed by atoms with Crippen molar-refractivity contribution in [2.75, 3.05) is 12.4 Å². The van der Waals surface area contributed by atoms with E-state index in [2.05, 4.69) is 21.2 Å². The van der Waals surface area contributed by atoms with E-state index in [-0.39, 0.29) is 12.4 Å². The van der Waals surface area contributed by atoms with Gasteiger partial charge in [0.2, 0.25) is 0 Å². The zero-order valence-electron chi connectivity index (χ0n) is 12.8. The fourth-order valence-electron chi connectivity index (χ4n) is 2.34. The maximum Gasteiger partial charge on any atom is 0.141 e. The maximum absolute atomic E-state index is 5.44. The summed E-state index contributed by atoms with van der Waals surface area (Å²) < 4.78 is 5.34. The van der Waals surface area contributed by atoms with Crippen LogP contribution in [0.2, 0.25) is 0 Å². The van der Waals surface area contributed by atoms with Gasteiger partial charge in [0.25, 0.3) is 0 Å². The second-order valence-corrected chi connectivity index (χ2v) is 4.91. The molecule has 2 aromatic carbocycles. The lowest BCUT2D eigenvalue weighted by Gasteiger charge is -2.11. The van der Waals surface area contributed by atoms with Crippen LogP contribution in [0.25, 0.3) is 10.9 Å². The molecule has 116 valence electrons. The number of rotatable bonds is 3. The fraction of sp³-hybridized carbons (Fsp3) is 0.111. The molecular weight excluding hydrogens is 310 g/mol. The third-order valence-corrected chi connectivity index (χ3v) is 3.44. The summed E-state index contributed by atoms with van der Waals surface area (Å²) in [5, 5.41) is 4.24. The van der Waals surface area contributed by atoms with Crippen molar-refractivity contribution in [1.29, 1.82) is 0 Å².